The normalized spacial score (nSPS) is 15.0. The number of nitrogens with zero attached hydrogens (tertiary/aromatic N) is 3. The molecule has 1 aromatic carbocycles. The molecule has 1 fully saturated rings. The number of ether oxygens (including phenoxy) is 2. The number of aryl methyl sites for hydroxylation is 1. The second-order valence-corrected chi connectivity index (χ2v) is 6.59. The van der Waals surface area contributed by atoms with Crippen molar-refractivity contribution in [1.29, 1.82) is 0 Å². The Hall–Kier alpha value is -2.85. The lowest BCUT2D eigenvalue weighted by atomic mass is 9.93. The fourth-order valence-electron chi connectivity index (χ4n) is 3.64. The highest BCUT2D eigenvalue weighted by molar-refractivity contribution is 6.05. The summed E-state index contributed by atoms with van der Waals surface area (Å²) in [7, 11) is 0. The van der Waals surface area contributed by atoms with Gasteiger partial charge in [0.2, 0.25) is 0 Å². The molecule has 0 spiro atoms. The van der Waals surface area contributed by atoms with Crippen molar-refractivity contribution in [1.82, 2.24) is 15.1 Å². The van der Waals surface area contributed by atoms with Crippen LogP contribution in [0.4, 0.5) is 5.69 Å². The Morgan fingerprint density at radius 3 is 2.57 bits per heavy atom. The highest BCUT2D eigenvalue weighted by atomic mass is 16.6. The molecule has 2 heterocycles. The molecular weight excluding hydrogens is 368 g/mol. The molecule has 1 N–H and O–H groups in total. The van der Waals surface area contributed by atoms with Crippen LogP contribution in [-0.4, -0.2) is 58.9 Å². The van der Waals surface area contributed by atoms with Crippen molar-refractivity contribution >= 4 is 22.4 Å². The number of H-pyrrole nitrogens is 1. The van der Waals surface area contributed by atoms with Gasteiger partial charge in [-0.05, 0) is 26.3 Å². The third kappa shape index (κ3) is 3.48. The number of nitrogens with one attached hydrogen (secondary N) is 1. The van der Waals surface area contributed by atoms with Crippen LogP contribution in [0, 0.1) is 24.0 Å². The third-order valence-corrected chi connectivity index (χ3v) is 4.91. The van der Waals surface area contributed by atoms with E-state index in [9.17, 15) is 19.7 Å². The number of benzene rings is 1. The summed E-state index contributed by atoms with van der Waals surface area (Å²) in [6.45, 7) is 7.64. The molecule has 10 nitrogen and oxygen atoms in total. The van der Waals surface area contributed by atoms with E-state index in [-0.39, 0.29) is 34.2 Å². The average molecular weight is 390 g/mol. The van der Waals surface area contributed by atoms with Gasteiger partial charge in [-0.15, -0.1) is 0 Å². The quantitative estimate of drug-likeness (QED) is 0.462. The predicted molar refractivity (Wildman–Crippen MR) is 101 cm³/mol. The monoisotopic (exact) mass is 390 g/mol. The van der Waals surface area contributed by atoms with Gasteiger partial charge >= 0.3 is 5.97 Å². The number of aromatic nitrogens is 2. The number of nitro groups is 1. The second-order valence-electron chi connectivity index (χ2n) is 6.59. The van der Waals surface area contributed by atoms with Crippen molar-refractivity contribution in [3.63, 3.8) is 0 Å². The molecule has 1 aliphatic heterocycles. The summed E-state index contributed by atoms with van der Waals surface area (Å²) in [5, 5.41) is 18.7. The molecule has 0 bridgehead atoms. The molecule has 28 heavy (non-hydrogen) atoms. The van der Waals surface area contributed by atoms with E-state index in [1.54, 1.807) is 13.8 Å². The highest BCUT2D eigenvalue weighted by Crippen LogP contribution is 2.36. The van der Waals surface area contributed by atoms with Crippen LogP contribution in [0.3, 0.4) is 0 Å². The summed E-state index contributed by atoms with van der Waals surface area (Å²) >= 11 is 0. The Morgan fingerprint density at radius 1 is 1.29 bits per heavy atom. The standard InChI is InChI=1S/C18H22N4O6/c1-4-28-18(24)13-10(2)14-15(16(11(13)3)22(25)26)12(19-20-17(14)23)9-21-5-7-27-8-6-21/h4-9H2,1-3H3,(H,20,23). The Bertz CT molecular complexity index is 994. The van der Waals surface area contributed by atoms with E-state index in [0.717, 1.165) is 0 Å². The summed E-state index contributed by atoms with van der Waals surface area (Å²) in [6.07, 6.45) is 0. The Labute approximate surface area is 160 Å². The summed E-state index contributed by atoms with van der Waals surface area (Å²) in [4.78, 5) is 38.4. The number of rotatable bonds is 5. The molecule has 10 heteroatoms. The first-order valence-corrected chi connectivity index (χ1v) is 9.02. The SMILES string of the molecule is CCOC(=O)c1c(C)c([N+](=O)[O-])c2c(CN3CCOCC3)n[nH]c(=O)c2c1C. The maximum atomic E-state index is 12.5. The number of carbonyl (C=O) groups is 1. The van der Waals surface area contributed by atoms with Gasteiger partial charge in [0.1, 0.15) is 0 Å². The molecule has 1 aliphatic rings. The van der Waals surface area contributed by atoms with E-state index in [1.165, 1.54) is 6.92 Å². The minimum Gasteiger partial charge on any atom is -0.462 e. The number of fused-ring (bicyclic) bond motifs is 1. The molecular formula is C18H22N4O6. The number of hydrogen-bond donors (Lipinski definition) is 1. The summed E-state index contributed by atoms with van der Waals surface area (Å²) in [5.74, 6) is -0.687. The first-order valence-electron chi connectivity index (χ1n) is 9.02. The number of aromatic amines is 1. The number of morpholine rings is 1. The molecule has 0 unspecified atom stereocenters. The van der Waals surface area contributed by atoms with Crippen molar-refractivity contribution in [2.45, 2.75) is 27.3 Å². The van der Waals surface area contributed by atoms with Gasteiger partial charge < -0.3 is 9.47 Å². The van der Waals surface area contributed by atoms with Crippen LogP contribution in [0.2, 0.25) is 0 Å². The molecule has 3 rings (SSSR count). The van der Waals surface area contributed by atoms with Gasteiger partial charge in [0.15, 0.2) is 0 Å². The van der Waals surface area contributed by atoms with Gasteiger partial charge in [0, 0.05) is 25.2 Å². The fraction of sp³-hybridized carbons (Fsp3) is 0.500. The van der Waals surface area contributed by atoms with Gasteiger partial charge in [-0.1, -0.05) is 0 Å². The Balaban J connectivity index is 2.30. The van der Waals surface area contributed by atoms with Gasteiger partial charge in [0.05, 0.1) is 46.8 Å². The zero-order valence-corrected chi connectivity index (χ0v) is 16.0. The van der Waals surface area contributed by atoms with Crippen LogP contribution in [0.1, 0.15) is 34.1 Å². The molecule has 150 valence electrons. The van der Waals surface area contributed by atoms with E-state index >= 15 is 0 Å². The number of hydrogen-bond acceptors (Lipinski definition) is 8. The number of nitro benzene ring substituents is 1. The van der Waals surface area contributed by atoms with Crippen LogP contribution in [-0.2, 0) is 16.0 Å². The minimum absolute atomic E-state index is 0.0510. The van der Waals surface area contributed by atoms with E-state index < -0.39 is 16.5 Å². The Kier molecular flexibility index (Phi) is 5.71. The first kappa shape index (κ1) is 19.9. The predicted octanol–water partition coefficient (Wildman–Crippen LogP) is 1.46. The van der Waals surface area contributed by atoms with Crippen molar-refractivity contribution in [3.8, 4) is 0 Å². The van der Waals surface area contributed by atoms with Crippen molar-refractivity contribution in [3.05, 3.63) is 42.9 Å². The number of carbonyl (C=O) groups excluding carboxylic acids is 1. The van der Waals surface area contributed by atoms with Gasteiger partial charge in [-0.2, -0.15) is 5.10 Å². The molecule has 0 amide bonds. The van der Waals surface area contributed by atoms with Crippen molar-refractivity contribution in [2.75, 3.05) is 32.9 Å². The van der Waals surface area contributed by atoms with Crippen LogP contribution in [0.25, 0.3) is 10.8 Å². The number of esters is 1. The zero-order valence-electron chi connectivity index (χ0n) is 16.0. The van der Waals surface area contributed by atoms with Crippen LogP contribution in [0.15, 0.2) is 4.79 Å². The smallest absolute Gasteiger partial charge is 0.338 e. The fourth-order valence-corrected chi connectivity index (χ4v) is 3.64. The van der Waals surface area contributed by atoms with E-state index in [0.29, 0.717) is 44.1 Å². The van der Waals surface area contributed by atoms with Gasteiger partial charge in [0.25, 0.3) is 11.2 Å². The largest absolute Gasteiger partial charge is 0.462 e. The molecule has 1 saturated heterocycles. The van der Waals surface area contributed by atoms with E-state index in [4.69, 9.17) is 9.47 Å². The lowest BCUT2D eigenvalue weighted by molar-refractivity contribution is -0.383. The van der Waals surface area contributed by atoms with Crippen LogP contribution >= 0.6 is 0 Å². The molecule has 0 saturated carbocycles. The summed E-state index contributed by atoms with van der Waals surface area (Å²) < 4.78 is 10.4. The lowest BCUT2D eigenvalue weighted by Crippen LogP contribution is -2.36. The third-order valence-electron chi connectivity index (χ3n) is 4.91. The first-order chi connectivity index (χ1) is 13.4. The maximum absolute atomic E-state index is 12.5. The van der Waals surface area contributed by atoms with Gasteiger partial charge in [-0.25, -0.2) is 9.89 Å². The summed E-state index contributed by atoms with van der Waals surface area (Å²) in [5.41, 5.74) is 0.102. The van der Waals surface area contributed by atoms with Crippen LogP contribution < -0.4 is 5.56 Å². The summed E-state index contributed by atoms with van der Waals surface area (Å²) in [6, 6.07) is 0. The zero-order chi connectivity index (χ0) is 20.4. The average Bonchev–Trinajstić information content (AvgIpc) is 2.64. The van der Waals surface area contributed by atoms with Crippen molar-refractivity contribution < 1.29 is 19.2 Å². The van der Waals surface area contributed by atoms with E-state index in [1.807, 2.05) is 0 Å². The van der Waals surface area contributed by atoms with Crippen molar-refractivity contribution in [2.24, 2.45) is 0 Å². The second kappa shape index (κ2) is 8.03. The van der Waals surface area contributed by atoms with Crippen LogP contribution in [0.5, 0.6) is 0 Å². The molecule has 0 atom stereocenters. The molecule has 0 radical (unpaired) electrons. The lowest BCUT2D eigenvalue weighted by Gasteiger charge is -2.26. The molecule has 0 aliphatic carbocycles. The minimum atomic E-state index is -0.687. The highest BCUT2D eigenvalue weighted by Gasteiger charge is 2.31. The van der Waals surface area contributed by atoms with E-state index in [2.05, 4.69) is 15.1 Å². The topological polar surface area (TPSA) is 128 Å². The molecule has 2 aromatic rings. The van der Waals surface area contributed by atoms with Gasteiger partial charge in [-0.3, -0.25) is 19.8 Å². The maximum Gasteiger partial charge on any atom is 0.338 e. The Morgan fingerprint density at radius 2 is 1.96 bits per heavy atom. The molecule has 1 aromatic heterocycles.